The van der Waals surface area contributed by atoms with Crippen LogP contribution in [0.1, 0.15) is 5.56 Å². The molecule has 0 aliphatic rings. The van der Waals surface area contributed by atoms with Crippen LogP contribution in [0.2, 0.25) is 0 Å². The van der Waals surface area contributed by atoms with Gasteiger partial charge in [-0.3, -0.25) is 18.9 Å². The Hall–Kier alpha value is -2.87. The summed E-state index contributed by atoms with van der Waals surface area (Å²) >= 11 is 0. The van der Waals surface area contributed by atoms with Crippen LogP contribution in [-0.2, 0) is 18.3 Å². The van der Waals surface area contributed by atoms with Gasteiger partial charge in [-0.15, -0.1) is 0 Å². The van der Waals surface area contributed by atoms with Gasteiger partial charge in [0.15, 0.2) is 11.2 Å². The van der Waals surface area contributed by atoms with Crippen LogP contribution in [0, 0.1) is 0 Å². The first-order valence-corrected chi connectivity index (χ1v) is 7.58. The molecule has 2 heterocycles. The van der Waals surface area contributed by atoms with Crippen molar-refractivity contribution in [2.75, 3.05) is 25.6 Å². The van der Waals surface area contributed by atoms with Gasteiger partial charge in [0.2, 0.25) is 5.95 Å². The third-order valence-electron chi connectivity index (χ3n) is 3.78. The number of rotatable bonds is 6. The van der Waals surface area contributed by atoms with Crippen molar-refractivity contribution in [3.05, 3.63) is 56.7 Å². The molecule has 0 amide bonds. The quantitative estimate of drug-likeness (QED) is 0.644. The first-order valence-electron chi connectivity index (χ1n) is 7.58. The van der Waals surface area contributed by atoms with E-state index in [9.17, 15) is 9.59 Å². The van der Waals surface area contributed by atoms with Crippen LogP contribution in [0.3, 0.4) is 0 Å². The van der Waals surface area contributed by atoms with Crippen molar-refractivity contribution >= 4 is 17.1 Å². The molecule has 24 heavy (non-hydrogen) atoms. The summed E-state index contributed by atoms with van der Waals surface area (Å²) in [5, 5.41) is 3.16. The average molecular weight is 329 g/mol. The Morgan fingerprint density at radius 1 is 1.25 bits per heavy atom. The number of methoxy groups -OCH3 is 1. The Balaban J connectivity index is 2.15. The summed E-state index contributed by atoms with van der Waals surface area (Å²) in [6, 6.07) is 9.75. The van der Waals surface area contributed by atoms with E-state index in [-0.39, 0.29) is 0 Å². The minimum Gasteiger partial charge on any atom is -0.383 e. The van der Waals surface area contributed by atoms with Crippen LogP contribution in [0.25, 0.3) is 11.2 Å². The van der Waals surface area contributed by atoms with Gasteiger partial charge in [0.05, 0.1) is 13.2 Å². The number of aromatic amines is 1. The van der Waals surface area contributed by atoms with Crippen molar-refractivity contribution in [2.24, 2.45) is 7.05 Å². The number of anilines is 1. The molecular weight excluding hydrogens is 310 g/mol. The summed E-state index contributed by atoms with van der Waals surface area (Å²) in [6.45, 7) is 1.51. The summed E-state index contributed by atoms with van der Waals surface area (Å²) < 4.78 is 8.15. The van der Waals surface area contributed by atoms with Crippen LogP contribution >= 0.6 is 0 Å². The maximum Gasteiger partial charge on any atom is 0.329 e. The fourth-order valence-electron chi connectivity index (χ4n) is 2.55. The molecule has 0 fully saturated rings. The monoisotopic (exact) mass is 329 g/mol. The molecule has 8 nitrogen and oxygen atoms in total. The molecule has 3 rings (SSSR count). The maximum absolute atomic E-state index is 12.3. The van der Waals surface area contributed by atoms with Gasteiger partial charge in [-0.2, -0.15) is 4.98 Å². The maximum atomic E-state index is 12.3. The first kappa shape index (κ1) is 16.0. The van der Waals surface area contributed by atoms with Gasteiger partial charge in [-0.05, 0) is 5.56 Å². The number of nitrogens with zero attached hydrogens (tertiary/aromatic N) is 3. The second-order valence-electron chi connectivity index (χ2n) is 5.42. The second kappa shape index (κ2) is 6.71. The van der Waals surface area contributed by atoms with Crippen LogP contribution in [0.4, 0.5) is 5.95 Å². The summed E-state index contributed by atoms with van der Waals surface area (Å²) in [7, 11) is 3.20. The second-order valence-corrected chi connectivity index (χ2v) is 5.42. The fraction of sp³-hybridized carbons (Fsp3) is 0.312. The van der Waals surface area contributed by atoms with E-state index in [1.54, 1.807) is 18.7 Å². The molecule has 126 valence electrons. The van der Waals surface area contributed by atoms with Crippen molar-refractivity contribution in [3.63, 3.8) is 0 Å². The van der Waals surface area contributed by atoms with Crippen LogP contribution in [-0.4, -0.2) is 39.4 Å². The lowest BCUT2D eigenvalue weighted by Gasteiger charge is -2.10. The van der Waals surface area contributed by atoms with Gasteiger partial charge in [-0.25, -0.2) is 4.79 Å². The smallest absolute Gasteiger partial charge is 0.329 e. The van der Waals surface area contributed by atoms with E-state index in [1.807, 2.05) is 30.3 Å². The van der Waals surface area contributed by atoms with Crippen molar-refractivity contribution in [3.8, 4) is 0 Å². The first-order chi connectivity index (χ1) is 11.6. The Bertz CT molecular complexity index is 955. The van der Waals surface area contributed by atoms with Crippen LogP contribution in [0.15, 0.2) is 39.9 Å². The van der Waals surface area contributed by atoms with E-state index in [0.29, 0.717) is 36.8 Å². The SMILES string of the molecule is COCCNc1nc2c(c(=O)[nH]c(=O)n2C)n1Cc1ccccc1. The molecule has 0 aliphatic heterocycles. The van der Waals surface area contributed by atoms with Gasteiger partial charge in [0, 0.05) is 20.7 Å². The number of aromatic nitrogens is 4. The zero-order chi connectivity index (χ0) is 17.1. The van der Waals surface area contributed by atoms with Crippen molar-refractivity contribution in [2.45, 2.75) is 6.54 Å². The number of hydrogen-bond acceptors (Lipinski definition) is 5. The normalized spacial score (nSPS) is 11.1. The highest BCUT2D eigenvalue weighted by molar-refractivity contribution is 5.74. The van der Waals surface area contributed by atoms with Gasteiger partial charge in [-0.1, -0.05) is 30.3 Å². The van der Waals surface area contributed by atoms with Crippen molar-refractivity contribution in [1.29, 1.82) is 0 Å². The summed E-state index contributed by atoms with van der Waals surface area (Å²) in [4.78, 5) is 30.9. The van der Waals surface area contributed by atoms with Gasteiger partial charge in [0.25, 0.3) is 5.56 Å². The molecule has 0 saturated carbocycles. The molecule has 0 saturated heterocycles. The number of benzene rings is 1. The lowest BCUT2D eigenvalue weighted by atomic mass is 10.2. The van der Waals surface area contributed by atoms with Crippen LogP contribution < -0.4 is 16.6 Å². The summed E-state index contributed by atoms with van der Waals surface area (Å²) in [5.74, 6) is 0.526. The molecule has 0 bridgehead atoms. The Morgan fingerprint density at radius 3 is 2.71 bits per heavy atom. The van der Waals surface area contributed by atoms with E-state index < -0.39 is 11.2 Å². The zero-order valence-electron chi connectivity index (χ0n) is 13.6. The van der Waals surface area contributed by atoms with E-state index in [1.165, 1.54) is 4.57 Å². The number of imidazole rings is 1. The Labute approximate surface area is 137 Å². The average Bonchev–Trinajstić information content (AvgIpc) is 2.93. The van der Waals surface area contributed by atoms with E-state index in [0.717, 1.165) is 5.56 Å². The zero-order valence-corrected chi connectivity index (χ0v) is 13.6. The van der Waals surface area contributed by atoms with Gasteiger partial charge < -0.3 is 10.1 Å². The Morgan fingerprint density at radius 2 is 2.00 bits per heavy atom. The number of aryl methyl sites for hydroxylation is 1. The number of ether oxygens (including phenoxy) is 1. The number of hydrogen-bond donors (Lipinski definition) is 2. The Kier molecular flexibility index (Phi) is 4.48. The number of H-pyrrole nitrogens is 1. The number of fused-ring (bicyclic) bond motifs is 1. The predicted molar refractivity (Wildman–Crippen MR) is 91.5 cm³/mol. The van der Waals surface area contributed by atoms with Crippen molar-refractivity contribution < 1.29 is 4.74 Å². The molecule has 0 atom stereocenters. The molecule has 0 unspecified atom stereocenters. The fourth-order valence-corrected chi connectivity index (χ4v) is 2.55. The van der Waals surface area contributed by atoms with E-state index >= 15 is 0 Å². The molecule has 0 aliphatic carbocycles. The largest absolute Gasteiger partial charge is 0.383 e. The molecule has 0 radical (unpaired) electrons. The predicted octanol–water partition coefficient (Wildman–Crippen LogP) is 0.530. The topological polar surface area (TPSA) is 93.9 Å². The molecule has 1 aromatic carbocycles. The van der Waals surface area contributed by atoms with E-state index in [4.69, 9.17) is 4.74 Å². The third kappa shape index (κ3) is 2.95. The molecule has 3 aromatic rings. The van der Waals surface area contributed by atoms with E-state index in [2.05, 4.69) is 15.3 Å². The minimum atomic E-state index is -0.486. The third-order valence-corrected chi connectivity index (χ3v) is 3.78. The van der Waals surface area contributed by atoms with Gasteiger partial charge >= 0.3 is 5.69 Å². The molecule has 2 N–H and O–H groups in total. The highest BCUT2D eigenvalue weighted by Gasteiger charge is 2.17. The summed E-state index contributed by atoms with van der Waals surface area (Å²) in [6.07, 6.45) is 0. The summed E-state index contributed by atoms with van der Waals surface area (Å²) in [5.41, 5.74) is 0.803. The number of nitrogens with one attached hydrogen (secondary N) is 2. The lowest BCUT2D eigenvalue weighted by Crippen LogP contribution is -2.29. The molecular formula is C16H19N5O3. The molecule has 2 aromatic heterocycles. The highest BCUT2D eigenvalue weighted by atomic mass is 16.5. The highest BCUT2D eigenvalue weighted by Crippen LogP contribution is 2.17. The van der Waals surface area contributed by atoms with Gasteiger partial charge in [0.1, 0.15) is 0 Å². The molecule has 0 spiro atoms. The standard InChI is InChI=1S/C16H19N5O3/c1-20-13-12(14(22)19-16(20)23)21(10-11-6-4-3-5-7-11)15(18-13)17-8-9-24-2/h3-7H,8-10H2,1-2H3,(H,17,18)(H,19,22,23). The minimum absolute atomic E-state index is 0.347. The van der Waals surface area contributed by atoms with Crippen LogP contribution in [0.5, 0.6) is 0 Å². The van der Waals surface area contributed by atoms with Crippen molar-refractivity contribution in [1.82, 2.24) is 19.1 Å². The molecule has 8 heteroatoms. The lowest BCUT2D eigenvalue weighted by molar-refractivity contribution is 0.210.